The quantitative estimate of drug-likeness (QED) is 0.799. The molecule has 0 aliphatic heterocycles. The molecule has 2 heterocycles. The summed E-state index contributed by atoms with van der Waals surface area (Å²) in [6.45, 7) is 0.618. The number of rotatable bonds is 4. The van der Waals surface area contributed by atoms with Crippen molar-refractivity contribution in [3.8, 4) is 0 Å². The third kappa shape index (κ3) is 2.65. The number of thiazole rings is 1. The molecule has 0 radical (unpaired) electrons. The average molecular weight is 310 g/mol. The van der Waals surface area contributed by atoms with Crippen LogP contribution in [-0.2, 0) is 6.42 Å². The second kappa shape index (κ2) is 5.54. The highest BCUT2D eigenvalue weighted by Gasteiger charge is 2.13. The van der Waals surface area contributed by atoms with Crippen molar-refractivity contribution in [2.24, 2.45) is 5.73 Å². The molecule has 0 aliphatic carbocycles. The van der Waals surface area contributed by atoms with Crippen LogP contribution in [-0.4, -0.2) is 15.9 Å². The summed E-state index contributed by atoms with van der Waals surface area (Å²) in [5.74, 6) is 0. The number of nitrogens with zero attached hydrogens (tertiary/aromatic N) is 2. The molecule has 0 fully saturated rings. The smallest absolute Gasteiger partial charge is 0.194 e. The van der Waals surface area contributed by atoms with E-state index in [1.165, 1.54) is 5.69 Å². The van der Waals surface area contributed by atoms with Gasteiger partial charge in [-0.3, -0.25) is 4.40 Å². The molecule has 0 unspecified atom stereocenters. The third-order valence-corrected chi connectivity index (χ3v) is 4.72. The monoisotopic (exact) mass is 309 g/mol. The summed E-state index contributed by atoms with van der Waals surface area (Å²) in [6, 6.07) is 7.81. The molecule has 2 aromatic heterocycles. The molecule has 0 saturated carbocycles. The zero-order valence-corrected chi connectivity index (χ0v) is 12.4. The van der Waals surface area contributed by atoms with Gasteiger partial charge in [-0.25, -0.2) is 4.98 Å². The van der Waals surface area contributed by atoms with E-state index in [1.54, 1.807) is 23.1 Å². The predicted octanol–water partition coefficient (Wildman–Crippen LogP) is 3.70. The van der Waals surface area contributed by atoms with Gasteiger partial charge in [-0.15, -0.1) is 11.3 Å². The van der Waals surface area contributed by atoms with Gasteiger partial charge in [0.1, 0.15) is 5.03 Å². The summed E-state index contributed by atoms with van der Waals surface area (Å²) in [5, 5.41) is 3.79. The van der Waals surface area contributed by atoms with E-state index in [2.05, 4.69) is 9.38 Å². The van der Waals surface area contributed by atoms with Crippen molar-refractivity contribution >= 4 is 39.7 Å². The Morgan fingerprint density at radius 2 is 2.32 bits per heavy atom. The van der Waals surface area contributed by atoms with Gasteiger partial charge in [0.15, 0.2) is 4.96 Å². The van der Waals surface area contributed by atoms with E-state index in [1.807, 2.05) is 35.8 Å². The largest absolute Gasteiger partial charge is 0.330 e. The van der Waals surface area contributed by atoms with Gasteiger partial charge in [0.25, 0.3) is 0 Å². The Labute approximate surface area is 124 Å². The Bertz CT molecular complexity index is 705. The lowest BCUT2D eigenvalue weighted by Gasteiger charge is -2.03. The molecule has 3 aromatic rings. The van der Waals surface area contributed by atoms with E-state index in [4.69, 9.17) is 17.3 Å². The molecule has 98 valence electrons. The molecule has 0 bridgehead atoms. The Balaban J connectivity index is 1.99. The van der Waals surface area contributed by atoms with Crippen molar-refractivity contribution in [1.82, 2.24) is 9.38 Å². The van der Waals surface area contributed by atoms with E-state index in [0.717, 1.165) is 26.3 Å². The minimum absolute atomic E-state index is 0.618. The number of fused-ring (bicyclic) bond motifs is 1. The highest BCUT2D eigenvalue weighted by Crippen LogP contribution is 2.33. The van der Waals surface area contributed by atoms with Crippen LogP contribution in [0.3, 0.4) is 0 Å². The third-order valence-electron chi connectivity index (χ3n) is 2.72. The van der Waals surface area contributed by atoms with Crippen LogP contribution >= 0.6 is 34.7 Å². The molecule has 2 N–H and O–H groups in total. The van der Waals surface area contributed by atoms with Crippen LogP contribution in [0, 0.1) is 0 Å². The first kappa shape index (κ1) is 13.0. The van der Waals surface area contributed by atoms with Crippen LogP contribution in [0.15, 0.2) is 45.8 Å². The highest BCUT2D eigenvalue weighted by atomic mass is 35.5. The Hall–Kier alpha value is -1.01. The maximum absolute atomic E-state index is 6.01. The minimum Gasteiger partial charge on any atom is -0.330 e. The van der Waals surface area contributed by atoms with Crippen molar-refractivity contribution in [2.75, 3.05) is 6.54 Å². The van der Waals surface area contributed by atoms with Crippen molar-refractivity contribution in [2.45, 2.75) is 16.3 Å². The second-order valence-electron chi connectivity index (χ2n) is 4.02. The average Bonchev–Trinajstić information content (AvgIpc) is 2.93. The summed E-state index contributed by atoms with van der Waals surface area (Å²) in [4.78, 5) is 6.76. The van der Waals surface area contributed by atoms with E-state index >= 15 is 0 Å². The Kier molecular flexibility index (Phi) is 3.79. The first-order valence-corrected chi connectivity index (χ1v) is 7.93. The normalized spacial score (nSPS) is 11.3. The fourth-order valence-electron chi connectivity index (χ4n) is 1.90. The molecule has 3 rings (SSSR count). The molecule has 0 spiro atoms. The SMILES string of the molecule is NCCc1c(Sc2cccc(Cl)c2)nc2sccn12. The number of halogens is 1. The van der Waals surface area contributed by atoms with Crippen LogP contribution in [0.5, 0.6) is 0 Å². The van der Waals surface area contributed by atoms with Gasteiger partial charge in [-0.05, 0) is 24.7 Å². The molecular formula is C13H12ClN3S2. The molecule has 6 heteroatoms. The lowest BCUT2D eigenvalue weighted by molar-refractivity contribution is 0.879. The summed E-state index contributed by atoms with van der Waals surface area (Å²) >= 11 is 9.28. The summed E-state index contributed by atoms with van der Waals surface area (Å²) in [7, 11) is 0. The fraction of sp³-hybridized carbons (Fsp3) is 0.154. The number of hydrogen-bond acceptors (Lipinski definition) is 4. The molecule has 0 aliphatic rings. The standard InChI is InChI=1S/C13H12ClN3S2/c14-9-2-1-3-10(8-9)19-12-11(4-5-15)17-6-7-18-13(17)16-12/h1-3,6-8H,4-5,15H2. The first-order chi connectivity index (χ1) is 9.28. The predicted molar refractivity (Wildman–Crippen MR) is 81.4 cm³/mol. The van der Waals surface area contributed by atoms with E-state index in [9.17, 15) is 0 Å². The fourth-order valence-corrected chi connectivity index (χ4v) is 3.95. The maximum atomic E-state index is 6.01. The van der Waals surface area contributed by atoms with E-state index in [-0.39, 0.29) is 0 Å². The van der Waals surface area contributed by atoms with Gasteiger partial charge in [0.2, 0.25) is 0 Å². The molecule has 0 saturated heterocycles. The molecule has 0 atom stereocenters. The number of nitrogens with two attached hydrogens (primary N) is 1. The lowest BCUT2D eigenvalue weighted by Crippen LogP contribution is -2.05. The van der Waals surface area contributed by atoms with Gasteiger partial charge < -0.3 is 5.73 Å². The number of hydrogen-bond donors (Lipinski definition) is 1. The number of aromatic nitrogens is 2. The van der Waals surface area contributed by atoms with Crippen LogP contribution < -0.4 is 5.73 Å². The van der Waals surface area contributed by atoms with E-state index in [0.29, 0.717) is 6.54 Å². The van der Waals surface area contributed by atoms with Gasteiger partial charge in [0.05, 0.1) is 5.69 Å². The van der Waals surface area contributed by atoms with Gasteiger partial charge in [-0.1, -0.05) is 29.4 Å². The highest BCUT2D eigenvalue weighted by molar-refractivity contribution is 7.99. The van der Waals surface area contributed by atoms with E-state index < -0.39 is 0 Å². The van der Waals surface area contributed by atoms with Crippen molar-refractivity contribution < 1.29 is 0 Å². The molecule has 3 nitrogen and oxygen atoms in total. The molecule has 0 amide bonds. The molecule has 1 aromatic carbocycles. The van der Waals surface area contributed by atoms with Crippen LogP contribution in [0.4, 0.5) is 0 Å². The summed E-state index contributed by atoms with van der Waals surface area (Å²) < 4.78 is 2.12. The Morgan fingerprint density at radius 1 is 1.42 bits per heavy atom. The number of benzene rings is 1. The van der Waals surface area contributed by atoms with Crippen LogP contribution in [0.1, 0.15) is 5.69 Å². The lowest BCUT2D eigenvalue weighted by atomic mass is 10.3. The maximum Gasteiger partial charge on any atom is 0.194 e. The topological polar surface area (TPSA) is 43.3 Å². The van der Waals surface area contributed by atoms with Crippen LogP contribution in [0.25, 0.3) is 4.96 Å². The second-order valence-corrected chi connectivity index (χ2v) is 6.39. The summed E-state index contributed by atoms with van der Waals surface area (Å²) in [6.07, 6.45) is 2.86. The van der Waals surface area contributed by atoms with Gasteiger partial charge >= 0.3 is 0 Å². The van der Waals surface area contributed by atoms with Gasteiger partial charge in [0, 0.05) is 27.9 Å². The first-order valence-electron chi connectivity index (χ1n) is 5.86. The van der Waals surface area contributed by atoms with Gasteiger partial charge in [-0.2, -0.15) is 0 Å². The summed E-state index contributed by atoms with van der Waals surface area (Å²) in [5.41, 5.74) is 6.87. The van der Waals surface area contributed by atoms with Crippen LogP contribution in [0.2, 0.25) is 5.02 Å². The van der Waals surface area contributed by atoms with Crippen molar-refractivity contribution in [3.63, 3.8) is 0 Å². The zero-order chi connectivity index (χ0) is 13.2. The Morgan fingerprint density at radius 3 is 3.11 bits per heavy atom. The van der Waals surface area contributed by atoms with Crippen molar-refractivity contribution in [3.05, 3.63) is 46.6 Å². The number of imidazole rings is 1. The zero-order valence-electron chi connectivity index (χ0n) is 10.0. The minimum atomic E-state index is 0.618. The van der Waals surface area contributed by atoms with Crippen molar-refractivity contribution in [1.29, 1.82) is 0 Å². The molecular weight excluding hydrogens is 298 g/mol. The molecule has 19 heavy (non-hydrogen) atoms.